The van der Waals surface area contributed by atoms with Gasteiger partial charge >= 0.3 is 5.97 Å². The fourth-order valence-corrected chi connectivity index (χ4v) is 5.43. The summed E-state index contributed by atoms with van der Waals surface area (Å²) in [4.78, 5) is 44.6. The van der Waals surface area contributed by atoms with Crippen molar-refractivity contribution in [3.05, 3.63) is 89.5 Å². The van der Waals surface area contributed by atoms with Crippen LogP contribution in [-0.2, 0) is 27.9 Å². The lowest BCUT2D eigenvalue weighted by Crippen LogP contribution is -2.45. The number of aryl methyl sites for hydroxylation is 1. The zero-order chi connectivity index (χ0) is 30.2. The Morgan fingerprint density at radius 3 is 2.29 bits per heavy atom. The van der Waals surface area contributed by atoms with E-state index < -0.39 is 23.5 Å². The maximum atomic E-state index is 13.4. The Bertz CT molecular complexity index is 1650. The third-order valence-corrected chi connectivity index (χ3v) is 7.41. The van der Waals surface area contributed by atoms with Crippen LogP contribution in [0.25, 0.3) is 33.9 Å². The Morgan fingerprint density at radius 2 is 1.64 bits per heavy atom. The molecule has 1 aliphatic heterocycles. The van der Waals surface area contributed by atoms with Crippen LogP contribution in [0.1, 0.15) is 55.1 Å². The predicted molar refractivity (Wildman–Crippen MR) is 162 cm³/mol. The van der Waals surface area contributed by atoms with Crippen molar-refractivity contribution in [1.29, 1.82) is 0 Å². The highest BCUT2D eigenvalue weighted by Crippen LogP contribution is 2.37. The molecule has 1 aromatic heterocycles. The standard InChI is InChI=1S/C34H36N4O4/c1-21-11-13-22(14-12-21)29-30(23-9-7-6-8-10-23)37(5)32(36-29)24-15-16-26-25(19-24)20-38(33(26)41)27(31(35)40)17-18-28(39)42-34(2,3)4/h6-16,19,27H,17-18,20H2,1-5H3,(H2,35,40). The number of fused-ring (bicyclic) bond motifs is 1. The van der Waals surface area contributed by atoms with E-state index in [1.165, 1.54) is 10.5 Å². The first-order valence-corrected chi connectivity index (χ1v) is 14.1. The van der Waals surface area contributed by atoms with Crippen LogP contribution >= 0.6 is 0 Å². The van der Waals surface area contributed by atoms with Crippen LogP contribution in [0.15, 0.2) is 72.8 Å². The van der Waals surface area contributed by atoms with Gasteiger partial charge in [-0.25, -0.2) is 4.98 Å². The van der Waals surface area contributed by atoms with Crippen LogP contribution in [0, 0.1) is 6.92 Å². The minimum atomic E-state index is -0.924. The summed E-state index contributed by atoms with van der Waals surface area (Å²) in [5.74, 6) is -0.614. The largest absolute Gasteiger partial charge is 0.460 e. The van der Waals surface area contributed by atoms with E-state index in [1.807, 2.05) is 37.4 Å². The van der Waals surface area contributed by atoms with Gasteiger partial charge in [-0.3, -0.25) is 14.4 Å². The molecule has 2 amide bonds. The van der Waals surface area contributed by atoms with E-state index in [0.29, 0.717) is 5.56 Å². The number of rotatable bonds is 8. The van der Waals surface area contributed by atoms with Crippen molar-refractivity contribution >= 4 is 17.8 Å². The van der Waals surface area contributed by atoms with E-state index in [9.17, 15) is 14.4 Å². The number of nitrogens with zero attached hydrogens (tertiary/aromatic N) is 3. The zero-order valence-electron chi connectivity index (χ0n) is 24.7. The molecular weight excluding hydrogens is 528 g/mol. The van der Waals surface area contributed by atoms with Gasteiger partial charge in [0.05, 0.1) is 11.4 Å². The molecule has 4 aromatic rings. The lowest BCUT2D eigenvalue weighted by atomic mass is 10.0. The first-order chi connectivity index (χ1) is 19.9. The van der Waals surface area contributed by atoms with E-state index in [0.717, 1.165) is 39.5 Å². The number of esters is 1. The lowest BCUT2D eigenvalue weighted by molar-refractivity contribution is -0.155. The number of nitrogens with two attached hydrogens (primary N) is 1. The van der Waals surface area contributed by atoms with Crippen molar-refractivity contribution < 1.29 is 19.1 Å². The summed E-state index contributed by atoms with van der Waals surface area (Å²) < 4.78 is 7.45. The Labute approximate surface area is 246 Å². The second-order valence-electron chi connectivity index (χ2n) is 11.8. The normalized spacial score (nSPS) is 13.6. The van der Waals surface area contributed by atoms with Crippen molar-refractivity contribution in [2.45, 2.75) is 58.7 Å². The maximum absolute atomic E-state index is 13.4. The molecule has 1 unspecified atom stereocenters. The smallest absolute Gasteiger partial charge is 0.306 e. The van der Waals surface area contributed by atoms with E-state index in [-0.39, 0.29) is 25.3 Å². The van der Waals surface area contributed by atoms with Gasteiger partial charge in [-0.05, 0) is 51.8 Å². The van der Waals surface area contributed by atoms with E-state index in [4.69, 9.17) is 15.5 Å². The predicted octanol–water partition coefficient (Wildman–Crippen LogP) is 5.66. The highest BCUT2D eigenvalue weighted by Gasteiger charge is 2.36. The monoisotopic (exact) mass is 564 g/mol. The molecule has 42 heavy (non-hydrogen) atoms. The Morgan fingerprint density at radius 1 is 0.976 bits per heavy atom. The average molecular weight is 565 g/mol. The summed E-state index contributed by atoms with van der Waals surface area (Å²) in [6.07, 6.45) is 0.0735. The number of carbonyl (C=O) groups is 3. The van der Waals surface area contributed by atoms with Gasteiger partial charge in [-0.15, -0.1) is 0 Å². The number of aromatic nitrogens is 2. The third kappa shape index (κ3) is 5.84. The van der Waals surface area contributed by atoms with Gasteiger partial charge in [0.1, 0.15) is 17.5 Å². The summed E-state index contributed by atoms with van der Waals surface area (Å²) in [5, 5.41) is 0. The van der Waals surface area contributed by atoms with Crippen LogP contribution in [0.4, 0.5) is 0 Å². The molecule has 2 N–H and O–H groups in total. The Balaban J connectivity index is 1.47. The van der Waals surface area contributed by atoms with Crippen LogP contribution < -0.4 is 5.73 Å². The second-order valence-corrected chi connectivity index (χ2v) is 11.8. The number of ether oxygens (including phenoxy) is 1. The highest BCUT2D eigenvalue weighted by molar-refractivity contribution is 6.01. The molecule has 2 heterocycles. The number of primary amides is 1. The molecule has 0 radical (unpaired) electrons. The molecule has 0 spiro atoms. The van der Waals surface area contributed by atoms with Crippen LogP contribution in [0.3, 0.4) is 0 Å². The van der Waals surface area contributed by atoms with Gasteiger partial charge in [-0.1, -0.05) is 66.2 Å². The maximum Gasteiger partial charge on any atom is 0.306 e. The molecule has 0 fully saturated rings. The van der Waals surface area contributed by atoms with Crippen LogP contribution in [0.2, 0.25) is 0 Å². The molecule has 0 saturated heterocycles. The van der Waals surface area contributed by atoms with Gasteiger partial charge < -0.3 is 19.9 Å². The number of carbonyl (C=O) groups excluding carboxylic acids is 3. The Kier molecular flexibility index (Phi) is 7.73. The van der Waals surface area contributed by atoms with E-state index in [1.54, 1.807) is 26.8 Å². The highest BCUT2D eigenvalue weighted by atomic mass is 16.6. The number of imidazole rings is 1. The first-order valence-electron chi connectivity index (χ1n) is 14.1. The first kappa shape index (κ1) is 28.8. The molecule has 0 bridgehead atoms. The fourth-order valence-electron chi connectivity index (χ4n) is 5.43. The fraction of sp³-hybridized carbons (Fsp3) is 0.294. The summed E-state index contributed by atoms with van der Waals surface area (Å²) in [6.45, 7) is 7.61. The topological polar surface area (TPSA) is 108 Å². The summed E-state index contributed by atoms with van der Waals surface area (Å²) in [5.41, 5.74) is 12.3. The molecule has 1 aliphatic rings. The van der Waals surface area contributed by atoms with Gasteiger partial charge in [0.15, 0.2) is 0 Å². The minimum absolute atomic E-state index is 0.0203. The van der Waals surface area contributed by atoms with Gasteiger partial charge in [0.25, 0.3) is 5.91 Å². The van der Waals surface area contributed by atoms with E-state index >= 15 is 0 Å². The van der Waals surface area contributed by atoms with Crippen LogP contribution in [0.5, 0.6) is 0 Å². The van der Waals surface area contributed by atoms with E-state index in [2.05, 4.69) is 47.9 Å². The molecule has 8 heteroatoms. The molecule has 0 aliphatic carbocycles. The summed E-state index contributed by atoms with van der Waals surface area (Å²) >= 11 is 0. The molecule has 1 atom stereocenters. The minimum Gasteiger partial charge on any atom is -0.460 e. The molecule has 3 aromatic carbocycles. The van der Waals surface area contributed by atoms with Crippen molar-refractivity contribution in [2.24, 2.45) is 12.8 Å². The van der Waals surface area contributed by atoms with Crippen molar-refractivity contribution in [3.8, 4) is 33.9 Å². The van der Waals surface area contributed by atoms with Gasteiger partial charge in [0, 0.05) is 42.3 Å². The number of hydrogen-bond donors (Lipinski definition) is 1. The van der Waals surface area contributed by atoms with Crippen molar-refractivity contribution in [2.75, 3.05) is 0 Å². The SMILES string of the molecule is Cc1ccc(-c2nc(-c3ccc4c(c3)CN(C(CCC(=O)OC(C)(C)C)C(N)=O)C4=O)n(C)c2-c2ccccc2)cc1. The molecular formula is C34H36N4O4. The summed E-state index contributed by atoms with van der Waals surface area (Å²) in [7, 11) is 1.99. The van der Waals surface area contributed by atoms with Crippen LogP contribution in [-0.4, -0.2) is 43.9 Å². The molecule has 0 saturated carbocycles. The zero-order valence-corrected chi connectivity index (χ0v) is 24.7. The molecule has 216 valence electrons. The van der Waals surface area contributed by atoms with Gasteiger partial charge in [0.2, 0.25) is 5.91 Å². The third-order valence-electron chi connectivity index (χ3n) is 7.41. The van der Waals surface area contributed by atoms with Gasteiger partial charge in [-0.2, -0.15) is 0 Å². The lowest BCUT2D eigenvalue weighted by Gasteiger charge is -2.25. The second kappa shape index (κ2) is 11.3. The van der Waals surface area contributed by atoms with Crippen molar-refractivity contribution in [3.63, 3.8) is 0 Å². The Hall–Kier alpha value is -4.72. The number of benzene rings is 3. The number of hydrogen-bond acceptors (Lipinski definition) is 5. The molecule has 8 nitrogen and oxygen atoms in total. The number of amides is 2. The van der Waals surface area contributed by atoms with Crippen molar-refractivity contribution in [1.82, 2.24) is 14.5 Å². The average Bonchev–Trinajstić information content (AvgIpc) is 3.45. The quantitative estimate of drug-likeness (QED) is 0.278. The molecule has 5 rings (SSSR count). The summed E-state index contributed by atoms with van der Waals surface area (Å²) in [6, 6.07) is 23.1.